The summed E-state index contributed by atoms with van der Waals surface area (Å²) in [7, 11) is 0. The Morgan fingerprint density at radius 1 is 1.20 bits per heavy atom. The Kier molecular flexibility index (Phi) is 2.32. The van der Waals surface area contributed by atoms with Gasteiger partial charge in [0.15, 0.2) is 0 Å². The van der Waals surface area contributed by atoms with Crippen LogP contribution in [0.1, 0.15) is 20.8 Å². The first kappa shape index (κ1) is 8.02. The Morgan fingerprint density at radius 3 is 2.20 bits per heavy atom. The summed E-state index contributed by atoms with van der Waals surface area (Å²) in [6.45, 7) is 10.2. The van der Waals surface area contributed by atoms with Gasteiger partial charge in [-0.15, -0.1) is 0 Å². The van der Waals surface area contributed by atoms with Gasteiger partial charge in [0.1, 0.15) is 0 Å². The Bertz CT molecular complexity index is 98.3. The summed E-state index contributed by atoms with van der Waals surface area (Å²) in [5.74, 6) is 0. The van der Waals surface area contributed by atoms with Gasteiger partial charge in [-0.25, -0.2) is 0 Å². The molecule has 0 unspecified atom stereocenters. The van der Waals surface area contributed by atoms with Crippen LogP contribution in [0.5, 0.6) is 0 Å². The van der Waals surface area contributed by atoms with Crippen LogP contribution >= 0.6 is 0 Å². The van der Waals surface area contributed by atoms with Crippen LogP contribution in [-0.4, -0.2) is 25.7 Å². The fraction of sp³-hybridized carbons (Fsp3) is 1.00. The van der Waals surface area contributed by atoms with E-state index in [-0.39, 0.29) is 0 Å². The SMILES string of the molecule is CC(C)(C)[C@@H]1CNCCN1. The standard InChI is InChI=1S/C8H18N2/c1-8(2,3)7-6-9-4-5-10-7/h7,9-10H,4-6H2,1-3H3/t7-/m0/s1. The normalized spacial score (nSPS) is 28.5. The number of piperazine rings is 1. The van der Waals surface area contributed by atoms with E-state index in [1.807, 2.05) is 0 Å². The molecule has 0 aliphatic carbocycles. The molecule has 0 spiro atoms. The van der Waals surface area contributed by atoms with Crippen LogP contribution in [-0.2, 0) is 0 Å². The lowest BCUT2D eigenvalue weighted by atomic mass is 9.86. The molecule has 1 saturated heterocycles. The largest absolute Gasteiger partial charge is 0.314 e. The zero-order valence-corrected chi connectivity index (χ0v) is 7.20. The van der Waals surface area contributed by atoms with Crippen molar-refractivity contribution in [3.05, 3.63) is 0 Å². The second kappa shape index (κ2) is 2.89. The van der Waals surface area contributed by atoms with Crippen LogP contribution in [0, 0.1) is 5.41 Å². The van der Waals surface area contributed by atoms with Crippen molar-refractivity contribution in [2.45, 2.75) is 26.8 Å². The number of hydrogen-bond donors (Lipinski definition) is 2. The van der Waals surface area contributed by atoms with Gasteiger partial charge in [-0.2, -0.15) is 0 Å². The van der Waals surface area contributed by atoms with Crippen LogP contribution < -0.4 is 10.6 Å². The third kappa shape index (κ3) is 1.96. The molecular weight excluding hydrogens is 124 g/mol. The average Bonchev–Trinajstić information content (AvgIpc) is 1.88. The van der Waals surface area contributed by atoms with Crippen LogP contribution in [0.25, 0.3) is 0 Å². The number of nitrogens with one attached hydrogen (secondary N) is 2. The fourth-order valence-corrected chi connectivity index (χ4v) is 1.27. The molecule has 0 aromatic rings. The van der Waals surface area contributed by atoms with E-state index >= 15 is 0 Å². The first-order valence-corrected chi connectivity index (χ1v) is 4.05. The van der Waals surface area contributed by atoms with Gasteiger partial charge < -0.3 is 10.6 Å². The van der Waals surface area contributed by atoms with Crippen LogP contribution in [0.2, 0.25) is 0 Å². The number of hydrogen-bond acceptors (Lipinski definition) is 2. The molecule has 2 heteroatoms. The van der Waals surface area contributed by atoms with Crippen LogP contribution in [0.15, 0.2) is 0 Å². The smallest absolute Gasteiger partial charge is 0.0241 e. The minimum atomic E-state index is 0.396. The van der Waals surface area contributed by atoms with Crippen molar-refractivity contribution in [1.29, 1.82) is 0 Å². The third-order valence-corrected chi connectivity index (χ3v) is 2.09. The van der Waals surface area contributed by atoms with Gasteiger partial charge in [-0.1, -0.05) is 20.8 Å². The monoisotopic (exact) mass is 142 g/mol. The highest BCUT2D eigenvalue weighted by molar-refractivity contribution is 4.85. The van der Waals surface area contributed by atoms with E-state index in [2.05, 4.69) is 31.4 Å². The Hall–Kier alpha value is -0.0800. The van der Waals surface area contributed by atoms with E-state index in [0.29, 0.717) is 11.5 Å². The highest BCUT2D eigenvalue weighted by atomic mass is 15.1. The summed E-state index contributed by atoms with van der Waals surface area (Å²) in [5.41, 5.74) is 0.396. The Labute approximate surface area is 63.4 Å². The summed E-state index contributed by atoms with van der Waals surface area (Å²) in [5, 5.41) is 6.88. The minimum absolute atomic E-state index is 0.396. The van der Waals surface area contributed by atoms with E-state index in [9.17, 15) is 0 Å². The van der Waals surface area contributed by atoms with E-state index in [1.165, 1.54) is 0 Å². The first-order valence-electron chi connectivity index (χ1n) is 4.05. The van der Waals surface area contributed by atoms with Gasteiger partial charge >= 0.3 is 0 Å². The average molecular weight is 142 g/mol. The fourth-order valence-electron chi connectivity index (χ4n) is 1.27. The lowest BCUT2D eigenvalue weighted by Gasteiger charge is -2.35. The maximum absolute atomic E-state index is 3.50. The van der Waals surface area contributed by atoms with Crippen LogP contribution in [0.4, 0.5) is 0 Å². The molecule has 1 heterocycles. The predicted molar refractivity (Wildman–Crippen MR) is 44.1 cm³/mol. The Balaban J connectivity index is 2.39. The van der Waals surface area contributed by atoms with Gasteiger partial charge in [0, 0.05) is 25.7 Å². The Morgan fingerprint density at radius 2 is 1.90 bits per heavy atom. The molecular formula is C8H18N2. The molecule has 0 aromatic heterocycles. The summed E-state index contributed by atoms with van der Waals surface area (Å²) >= 11 is 0. The van der Waals surface area contributed by atoms with E-state index in [4.69, 9.17) is 0 Å². The quantitative estimate of drug-likeness (QED) is 0.517. The van der Waals surface area contributed by atoms with Crippen molar-refractivity contribution in [2.75, 3.05) is 19.6 Å². The molecule has 0 aromatic carbocycles. The van der Waals surface area contributed by atoms with E-state index in [1.54, 1.807) is 0 Å². The molecule has 2 N–H and O–H groups in total. The molecule has 0 saturated carbocycles. The molecule has 1 aliphatic heterocycles. The molecule has 10 heavy (non-hydrogen) atoms. The highest BCUT2D eigenvalue weighted by Gasteiger charge is 2.24. The molecule has 1 aliphatic rings. The maximum atomic E-state index is 3.50. The van der Waals surface area contributed by atoms with Crippen LogP contribution in [0.3, 0.4) is 0 Å². The van der Waals surface area contributed by atoms with Gasteiger partial charge in [-0.05, 0) is 5.41 Å². The second-order valence-corrected chi connectivity index (χ2v) is 4.08. The zero-order valence-electron chi connectivity index (χ0n) is 7.20. The molecule has 60 valence electrons. The topological polar surface area (TPSA) is 24.1 Å². The molecule has 0 bridgehead atoms. The molecule has 2 nitrogen and oxygen atoms in total. The highest BCUT2D eigenvalue weighted by Crippen LogP contribution is 2.19. The molecule has 0 radical (unpaired) electrons. The van der Waals surface area contributed by atoms with Gasteiger partial charge in [0.2, 0.25) is 0 Å². The van der Waals surface area contributed by atoms with E-state index < -0.39 is 0 Å². The van der Waals surface area contributed by atoms with Gasteiger partial charge in [0.25, 0.3) is 0 Å². The van der Waals surface area contributed by atoms with Crippen molar-refractivity contribution in [3.8, 4) is 0 Å². The van der Waals surface area contributed by atoms with Crippen molar-refractivity contribution in [3.63, 3.8) is 0 Å². The van der Waals surface area contributed by atoms with Gasteiger partial charge in [0.05, 0.1) is 0 Å². The number of rotatable bonds is 0. The molecule has 1 atom stereocenters. The summed E-state index contributed by atoms with van der Waals surface area (Å²) < 4.78 is 0. The molecule has 0 amide bonds. The zero-order chi connectivity index (χ0) is 7.61. The predicted octanol–water partition coefficient (Wildman–Crippen LogP) is 0.594. The van der Waals surface area contributed by atoms with Crippen molar-refractivity contribution in [2.24, 2.45) is 5.41 Å². The maximum Gasteiger partial charge on any atom is 0.0241 e. The lowest BCUT2D eigenvalue weighted by Crippen LogP contribution is -2.54. The molecule has 1 rings (SSSR count). The van der Waals surface area contributed by atoms with Crippen molar-refractivity contribution < 1.29 is 0 Å². The third-order valence-electron chi connectivity index (χ3n) is 2.09. The van der Waals surface area contributed by atoms with Crippen molar-refractivity contribution >= 4 is 0 Å². The van der Waals surface area contributed by atoms with E-state index in [0.717, 1.165) is 19.6 Å². The summed E-state index contributed by atoms with van der Waals surface area (Å²) in [6.07, 6.45) is 0. The van der Waals surface area contributed by atoms with Crippen molar-refractivity contribution in [1.82, 2.24) is 10.6 Å². The second-order valence-electron chi connectivity index (χ2n) is 4.08. The summed E-state index contributed by atoms with van der Waals surface area (Å²) in [6, 6.07) is 0.640. The molecule has 1 fully saturated rings. The lowest BCUT2D eigenvalue weighted by molar-refractivity contribution is 0.239. The minimum Gasteiger partial charge on any atom is -0.314 e. The van der Waals surface area contributed by atoms with Gasteiger partial charge in [-0.3, -0.25) is 0 Å². The summed E-state index contributed by atoms with van der Waals surface area (Å²) in [4.78, 5) is 0. The first-order chi connectivity index (χ1) is 4.61.